The number of carbonyl (C=O) groups excluding carboxylic acids is 1. The number of aromatic carboxylic acids is 1. The van der Waals surface area contributed by atoms with Gasteiger partial charge in [-0.05, 0) is 30.3 Å². The van der Waals surface area contributed by atoms with Crippen LogP contribution in [-0.2, 0) is 6.54 Å². The van der Waals surface area contributed by atoms with E-state index in [1.165, 1.54) is 29.5 Å². The van der Waals surface area contributed by atoms with Crippen LogP contribution in [0, 0.1) is 0 Å². The van der Waals surface area contributed by atoms with E-state index in [1.807, 2.05) is 6.07 Å². The first kappa shape index (κ1) is 15.6. The Hall–Kier alpha value is -1.76. The number of anilines is 1. The highest BCUT2D eigenvalue weighted by molar-refractivity contribution is 7.16. The average Bonchev–Trinajstić information content (AvgIpc) is 2.82. The Bertz CT molecular complexity index is 688. The molecule has 0 saturated heterocycles. The van der Waals surface area contributed by atoms with E-state index in [0.29, 0.717) is 16.6 Å². The number of carbonyl (C=O) groups is 2. The van der Waals surface area contributed by atoms with Gasteiger partial charge in [0.1, 0.15) is 0 Å². The van der Waals surface area contributed by atoms with Crippen LogP contribution in [0.1, 0.15) is 15.2 Å². The Labute approximate surface area is 134 Å². The highest BCUT2D eigenvalue weighted by atomic mass is 35.5. The summed E-state index contributed by atoms with van der Waals surface area (Å²) in [6.07, 6.45) is 0. The van der Waals surface area contributed by atoms with Crippen molar-refractivity contribution in [3.63, 3.8) is 0 Å². The van der Waals surface area contributed by atoms with Gasteiger partial charge in [-0.15, -0.1) is 11.3 Å². The maximum atomic E-state index is 11.7. The van der Waals surface area contributed by atoms with Crippen molar-refractivity contribution in [2.24, 2.45) is 0 Å². The minimum Gasteiger partial charge on any atom is -0.478 e. The van der Waals surface area contributed by atoms with Gasteiger partial charge in [-0.25, -0.2) is 9.59 Å². The number of carboxylic acids is 1. The molecule has 0 radical (unpaired) electrons. The van der Waals surface area contributed by atoms with Gasteiger partial charge in [0.25, 0.3) is 0 Å². The number of carboxylic acid groups (broad SMARTS) is 1. The van der Waals surface area contributed by atoms with E-state index in [4.69, 9.17) is 28.3 Å². The molecule has 0 atom stereocenters. The molecule has 2 rings (SSSR count). The van der Waals surface area contributed by atoms with Crippen molar-refractivity contribution in [3.8, 4) is 0 Å². The van der Waals surface area contributed by atoms with Crippen LogP contribution in [0.3, 0.4) is 0 Å². The molecule has 0 spiro atoms. The Balaban J connectivity index is 1.93. The third-order valence-corrected chi connectivity index (χ3v) is 4.05. The van der Waals surface area contributed by atoms with Crippen LogP contribution in [0.5, 0.6) is 0 Å². The Kier molecular flexibility index (Phi) is 5.06. The molecule has 1 aromatic heterocycles. The number of nitrogens with one attached hydrogen (secondary N) is 2. The summed E-state index contributed by atoms with van der Waals surface area (Å²) in [5, 5.41) is 14.1. The fourth-order valence-electron chi connectivity index (χ4n) is 1.56. The van der Waals surface area contributed by atoms with Crippen LogP contribution in [0.4, 0.5) is 10.5 Å². The predicted molar refractivity (Wildman–Crippen MR) is 83.6 cm³/mol. The molecule has 21 heavy (non-hydrogen) atoms. The number of thiophene rings is 1. The highest BCUT2D eigenvalue weighted by Gasteiger charge is 2.10. The van der Waals surface area contributed by atoms with E-state index in [0.717, 1.165) is 4.88 Å². The number of rotatable bonds is 4. The lowest BCUT2D eigenvalue weighted by molar-refractivity contribution is 0.0697. The second-order valence-electron chi connectivity index (χ2n) is 4.01. The summed E-state index contributed by atoms with van der Waals surface area (Å²) < 4.78 is 0.656. The van der Waals surface area contributed by atoms with E-state index >= 15 is 0 Å². The van der Waals surface area contributed by atoms with Gasteiger partial charge >= 0.3 is 12.0 Å². The number of benzene rings is 1. The van der Waals surface area contributed by atoms with E-state index < -0.39 is 12.0 Å². The third kappa shape index (κ3) is 4.35. The van der Waals surface area contributed by atoms with Crippen molar-refractivity contribution in [2.45, 2.75) is 6.54 Å². The maximum Gasteiger partial charge on any atom is 0.337 e. The zero-order valence-corrected chi connectivity index (χ0v) is 12.9. The lowest BCUT2D eigenvalue weighted by Gasteiger charge is -2.08. The zero-order chi connectivity index (χ0) is 15.4. The van der Waals surface area contributed by atoms with Crippen LogP contribution in [-0.4, -0.2) is 17.1 Å². The van der Waals surface area contributed by atoms with Gasteiger partial charge in [-0.3, -0.25) is 0 Å². The maximum absolute atomic E-state index is 11.7. The lowest BCUT2D eigenvalue weighted by Crippen LogP contribution is -2.27. The molecule has 110 valence electrons. The standard InChI is InChI=1S/C13H10Cl2N2O3S/c14-10-5-7(1-3-9(10)12(18)19)17-13(20)16-6-8-2-4-11(15)21-8/h1-5H,6H2,(H,18,19)(H2,16,17,20). The molecule has 0 aliphatic carbocycles. The predicted octanol–water partition coefficient (Wildman–Crippen LogP) is 4.07. The largest absolute Gasteiger partial charge is 0.478 e. The van der Waals surface area contributed by atoms with Crippen LogP contribution in [0.25, 0.3) is 0 Å². The van der Waals surface area contributed by atoms with Crippen molar-refractivity contribution in [3.05, 3.63) is 50.1 Å². The highest BCUT2D eigenvalue weighted by Crippen LogP contribution is 2.22. The molecule has 0 bridgehead atoms. The molecule has 8 heteroatoms. The summed E-state index contributed by atoms with van der Waals surface area (Å²) >= 11 is 13.0. The monoisotopic (exact) mass is 344 g/mol. The van der Waals surface area contributed by atoms with Crippen molar-refractivity contribution < 1.29 is 14.7 Å². The quantitative estimate of drug-likeness (QED) is 0.781. The lowest BCUT2D eigenvalue weighted by atomic mass is 10.2. The van der Waals surface area contributed by atoms with Gasteiger partial charge < -0.3 is 15.7 Å². The second-order valence-corrected chi connectivity index (χ2v) is 6.22. The van der Waals surface area contributed by atoms with E-state index in [-0.39, 0.29) is 10.6 Å². The molecule has 0 fully saturated rings. The number of halogens is 2. The van der Waals surface area contributed by atoms with Gasteiger partial charge in [0.05, 0.1) is 21.5 Å². The summed E-state index contributed by atoms with van der Waals surface area (Å²) in [7, 11) is 0. The number of urea groups is 1. The molecule has 2 amide bonds. The number of hydrogen-bond donors (Lipinski definition) is 3. The molecule has 1 heterocycles. The van der Waals surface area contributed by atoms with Crippen LogP contribution < -0.4 is 10.6 Å². The summed E-state index contributed by atoms with van der Waals surface area (Å²) in [6, 6.07) is 7.35. The van der Waals surface area contributed by atoms with Crippen molar-refractivity contribution in [1.29, 1.82) is 0 Å². The molecule has 1 aromatic carbocycles. The Morgan fingerprint density at radius 1 is 1.19 bits per heavy atom. The normalized spacial score (nSPS) is 10.2. The van der Waals surface area contributed by atoms with Gasteiger partial charge in [0.2, 0.25) is 0 Å². The topological polar surface area (TPSA) is 78.4 Å². The van der Waals surface area contributed by atoms with Crippen molar-refractivity contribution in [1.82, 2.24) is 5.32 Å². The fraction of sp³-hybridized carbons (Fsp3) is 0.0769. The summed E-state index contributed by atoms with van der Waals surface area (Å²) in [5.41, 5.74) is 0.391. The van der Waals surface area contributed by atoms with Gasteiger partial charge in [-0.1, -0.05) is 23.2 Å². The van der Waals surface area contributed by atoms with Gasteiger partial charge in [-0.2, -0.15) is 0 Å². The van der Waals surface area contributed by atoms with E-state index in [1.54, 1.807) is 6.07 Å². The summed E-state index contributed by atoms with van der Waals surface area (Å²) in [4.78, 5) is 23.5. The van der Waals surface area contributed by atoms with Crippen LogP contribution in [0.2, 0.25) is 9.36 Å². The molecule has 3 N–H and O–H groups in total. The van der Waals surface area contributed by atoms with Gasteiger partial charge in [0, 0.05) is 10.6 Å². The molecule has 2 aromatic rings. The third-order valence-electron chi connectivity index (χ3n) is 2.51. The van der Waals surface area contributed by atoms with E-state index in [9.17, 15) is 9.59 Å². The fourth-order valence-corrected chi connectivity index (χ4v) is 2.84. The summed E-state index contributed by atoms with van der Waals surface area (Å²) in [6.45, 7) is 0.351. The molecule has 0 aliphatic rings. The molecule has 0 aliphatic heterocycles. The number of hydrogen-bond acceptors (Lipinski definition) is 3. The van der Waals surface area contributed by atoms with Crippen LogP contribution >= 0.6 is 34.5 Å². The molecular weight excluding hydrogens is 335 g/mol. The zero-order valence-electron chi connectivity index (χ0n) is 10.5. The molecule has 0 unspecified atom stereocenters. The van der Waals surface area contributed by atoms with Crippen molar-refractivity contribution >= 4 is 52.2 Å². The minimum atomic E-state index is -1.12. The molecule has 0 saturated carbocycles. The van der Waals surface area contributed by atoms with Crippen molar-refractivity contribution in [2.75, 3.05) is 5.32 Å². The first-order valence-electron chi connectivity index (χ1n) is 5.77. The average molecular weight is 345 g/mol. The first-order valence-corrected chi connectivity index (χ1v) is 7.35. The Morgan fingerprint density at radius 2 is 1.95 bits per heavy atom. The van der Waals surface area contributed by atoms with E-state index in [2.05, 4.69) is 10.6 Å². The first-order chi connectivity index (χ1) is 9.95. The molecule has 5 nitrogen and oxygen atoms in total. The smallest absolute Gasteiger partial charge is 0.337 e. The van der Waals surface area contributed by atoms with Crippen LogP contribution in [0.15, 0.2) is 30.3 Å². The minimum absolute atomic E-state index is 0.0177. The number of amides is 2. The second kappa shape index (κ2) is 6.80. The summed E-state index contributed by atoms with van der Waals surface area (Å²) in [5.74, 6) is -1.12. The molecular formula is C13H10Cl2N2O3S. The SMILES string of the molecule is O=C(NCc1ccc(Cl)s1)Nc1ccc(C(=O)O)c(Cl)c1. The van der Waals surface area contributed by atoms with Gasteiger partial charge in [0.15, 0.2) is 0 Å². The Morgan fingerprint density at radius 3 is 2.52 bits per heavy atom.